The second-order valence-electron chi connectivity index (χ2n) is 9.49. The van der Waals surface area contributed by atoms with Crippen LogP contribution in [0.4, 0.5) is 0 Å². The summed E-state index contributed by atoms with van der Waals surface area (Å²) in [5.41, 5.74) is 5.07. The fourth-order valence-electron chi connectivity index (χ4n) is 4.72. The zero-order chi connectivity index (χ0) is 28.1. The molecule has 0 spiro atoms. The molecule has 2 heterocycles. The number of carboxylic acid groups (broad SMARTS) is 2. The molecular weight excluding hydrogens is 528 g/mol. The second kappa shape index (κ2) is 12.1. The Morgan fingerprint density at radius 1 is 0.950 bits per heavy atom. The summed E-state index contributed by atoms with van der Waals surface area (Å²) in [5.74, 6) is -1.05. The molecule has 2 aromatic heterocycles. The third kappa shape index (κ3) is 6.50. The molecule has 0 saturated heterocycles. The minimum absolute atomic E-state index is 0.0564. The zero-order valence-electron chi connectivity index (χ0n) is 21.6. The summed E-state index contributed by atoms with van der Waals surface area (Å²) in [6, 6.07) is 23.1. The number of nitrogens with zero attached hydrogens (tertiary/aromatic N) is 2. The van der Waals surface area contributed by atoms with Gasteiger partial charge in [0.15, 0.2) is 0 Å². The van der Waals surface area contributed by atoms with Crippen LogP contribution < -0.4 is 4.74 Å². The fraction of sp³-hybridized carbons (Fsp3) is 0.156. The highest BCUT2D eigenvalue weighted by atomic mass is 35.5. The predicted molar refractivity (Wildman–Crippen MR) is 157 cm³/mol. The summed E-state index contributed by atoms with van der Waals surface area (Å²) in [6.45, 7) is 0.828. The molecule has 0 atom stereocenters. The van der Waals surface area contributed by atoms with Gasteiger partial charge in [0.25, 0.3) is 0 Å². The first-order valence-corrected chi connectivity index (χ1v) is 13.2. The Morgan fingerprint density at radius 2 is 1.75 bits per heavy atom. The van der Waals surface area contributed by atoms with E-state index in [9.17, 15) is 14.7 Å². The summed E-state index contributed by atoms with van der Waals surface area (Å²) in [6.07, 6.45) is 6.17. The maximum atomic E-state index is 11.5. The molecule has 0 radical (unpaired) electrons. The van der Waals surface area contributed by atoms with E-state index in [0.29, 0.717) is 30.2 Å². The molecule has 0 aliphatic heterocycles. The molecule has 0 saturated carbocycles. The average molecular weight is 555 g/mol. The topological polar surface area (TPSA) is 102 Å². The first kappa shape index (κ1) is 27.0. The summed E-state index contributed by atoms with van der Waals surface area (Å²) in [5, 5.41) is 21.0. The van der Waals surface area contributed by atoms with Gasteiger partial charge in [-0.1, -0.05) is 60.2 Å². The summed E-state index contributed by atoms with van der Waals surface area (Å²) >= 11 is 6.09. The predicted octanol–water partition coefficient (Wildman–Crippen LogP) is 7.08. The number of halogens is 1. The number of carbonyl (C=O) groups is 2. The van der Waals surface area contributed by atoms with Crippen molar-refractivity contribution in [2.24, 2.45) is 0 Å². The molecule has 0 unspecified atom stereocenters. The number of rotatable bonds is 11. The number of fused-ring (bicyclic) bond motifs is 2. The summed E-state index contributed by atoms with van der Waals surface area (Å²) in [4.78, 5) is 27.1. The quantitative estimate of drug-likeness (QED) is 0.169. The Balaban J connectivity index is 1.31. The number of carboxylic acids is 2. The van der Waals surface area contributed by atoms with Gasteiger partial charge in [0.1, 0.15) is 12.4 Å². The van der Waals surface area contributed by atoms with Crippen LogP contribution in [-0.2, 0) is 29.2 Å². The molecule has 5 rings (SSSR count). The van der Waals surface area contributed by atoms with Crippen molar-refractivity contribution in [3.05, 3.63) is 106 Å². The van der Waals surface area contributed by atoms with Gasteiger partial charge in [-0.2, -0.15) is 0 Å². The Labute approximate surface area is 235 Å². The van der Waals surface area contributed by atoms with E-state index in [1.54, 1.807) is 0 Å². The lowest BCUT2D eigenvalue weighted by Crippen LogP contribution is -2.01. The third-order valence-corrected chi connectivity index (χ3v) is 6.82. The largest absolute Gasteiger partial charge is 0.487 e. The van der Waals surface area contributed by atoms with Crippen LogP contribution in [0.2, 0.25) is 5.02 Å². The van der Waals surface area contributed by atoms with Crippen LogP contribution in [0.1, 0.15) is 35.2 Å². The lowest BCUT2D eigenvalue weighted by Gasteiger charge is -2.07. The van der Waals surface area contributed by atoms with E-state index in [2.05, 4.69) is 4.98 Å². The minimum atomic E-state index is -0.915. The summed E-state index contributed by atoms with van der Waals surface area (Å²) < 4.78 is 7.88. The van der Waals surface area contributed by atoms with Crippen LogP contribution in [0.3, 0.4) is 0 Å². The Bertz CT molecular complexity index is 1720. The van der Waals surface area contributed by atoms with Crippen molar-refractivity contribution in [2.45, 2.75) is 32.4 Å². The van der Waals surface area contributed by atoms with E-state index < -0.39 is 11.9 Å². The highest BCUT2D eigenvalue weighted by Crippen LogP contribution is 2.28. The fourth-order valence-corrected chi connectivity index (χ4v) is 4.89. The van der Waals surface area contributed by atoms with Crippen LogP contribution in [-0.4, -0.2) is 31.7 Å². The van der Waals surface area contributed by atoms with E-state index >= 15 is 0 Å². The van der Waals surface area contributed by atoms with Gasteiger partial charge >= 0.3 is 11.9 Å². The van der Waals surface area contributed by atoms with Crippen LogP contribution in [0.15, 0.2) is 79.0 Å². The highest BCUT2D eigenvalue weighted by molar-refractivity contribution is 6.31. The number of hydrogen-bond donors (Lipinski definition) is 2. The number of pyridine rings is 1. The van der Waals surface area contributed by atoms with Gasteiger partial charge < -0.3 is 19.5 Å². The van der Waals surface area contributed by atoms with Gasteiger partial charge in [-0.15, -0.1) is 0 Å². The highest BCUT2D eigenvalue weighted by Gasteiger charge is 2.14. The van der Waals surface area contributed by atoms with Crippen molar-refractivity contribution in [3.63, 3.8) is 0 Å². The molecule has 5 aromatic rings. The van der Waals surface area contributed by atoms with Gasteiger partial charge in [-0.3, -0.25) is 9.59 Å². The molecule has 0 aliphatic carbocycles. The monoisotopic (exact) mass is 554 g/mol. The Morgan fingerprint density at radius 3 is 2.52 bits per heavy atom. The number of benzene rings is 3. The molecule has 0 amide bonds. The summed E-state index contributed by atoms with van der Waals surface area (Å²) in [7, 11) is 0. The van der Waals surface area contributed by atoms with E-state index in [0.717, 1.165) is 44.4 Å². The SMILES string of the molecule is O=C(O)CCCn1cc(CC(=O)O)c2c(C=Cc3ccc(OCc4ccc5ccc(Cl)cc5n4)cc3)cccc21. The number of ether oxygens (including phenoxy) is 1. The van der Waals surface area contributed by atoms with E-state index in [1.807, 2.05) is 95.7 Å². The van der Waals surface area contributed by atoms with Crippen molar-refractivity contribution < 1.29 is 24.5 Å². The first-order valence-electron chi connectivity index (χ1n) is 12.9. The van der Waals surface area contributed by atoms with Crippen LogP contribution in [0.5, 0.6) is 5.75 Å². The standard InChI is InChI=1S/C32H27ClN2O5/c33-25-12-10-22-11-13-26(34-28(22)18-25)20-40-27-14-7-21(8-15-27)6-9-23-3-1-4-29-32(23)24(17-31(38)39)19-35(29)16-2-5-30(36)37/h1,3-4,6-15,18-19H,2,5,16-17,20H2,(H,36,37)(H,38,39). The van der Waals surface area contributed by atoms with E-state index in [1.165, 1.54) is 0 Å². The Hall–Kier alpha value is -4.62. The van der Waals surface area contributed by atoms with Crippen molar-refractivity contribution in [3.8, 4) is 5.75 Å². The normalized spacial score (nSPS) is 11.4. The molecule has 2 N–H and O–H groups in total. The van der Waals surface area contributed by atoms with Crippen LogP contribution >= 0.6 is 11.6 Å². The molecule has 202 valence electrons. The van der Waals surface area contributed by atoms with Crippen LogP contribution in [0.25, 0.3) is 34.0 Å². The zero-order valence-corrected chi connectivity index (χ0v) is 22.3. The van der Waals surface area contributed by atoms with E-state index in [-0.39, 0.29) is 12.8 Å². The molecule has 8 heteroatoms. The van der Waals surface area contributed by atoms with Gasteiger partial charge in [-0.05, 0) is 59.5 Å². The van der Waals surface area contributed by atoms with Gasteiger partial charge in [0, 0.05) is 40.5 Å². The first-order chi connectivity index (χ1) is 19.4. The number of aliphatic carboxylic acids is 2. The average Bonchev–Trinajstić information content (AvgIpc) is 3.28. The Kier molecular flexibility index (Phi) is 8.12. The van der Waals surface area contributed by atoms with Gasteiger partial charge in [0.2, 0.25) is 0 Å². The number of aromatic nitrogens is 2. The lowest BCUT2D eigenvalue weighted by atomic mass is 10.0. The second-order valence-corrected chi connectivity index (χ2v) is 9.92. The molecule has 0 bridgehead atoms. The third-order valence-electron chi connectivity index (χ3n) is 6.58. The molecule has 40 heavy (non-hydrogen) atoms. The van der Waals surface area contributed by atoms with Gasteiger partial charge in [0.05, 0.1) is 17.6 Å². The van der Waals surface area contributed by atoms with Gasteiger partial charge in [-0.25, -0.2) is 4.98 Å². The number of aryl methyl sites for hydroxylation is 1. The maximum absolute atomic E-state index is 11.5. The molecule has 7 nitrogen and oxygen atoms in total. The number of hydrogen-bond acceptors (Lipinski definition) is 4. The van der Waals surface area contributed by atoms with E-state index in [4.69, 9.17) is 21.4 Å². The van der Waals surface area contributed by atoms with Crippen molar-refractivity contribution in [1.29, 1.82) is 0 Å². The molecular formula is C32H27ClN2O5. The van der Waals surface area contributed by atoms with Crippen LogP contribution in [0, 0.1) is 0 Å². The molecule has 3 aromatic carbocycles. The minimum Gasteiger partial charge on any atom is -0.487 e. The van der Waals surface area contributed by atoms with Crippen molar-refractivity contribution in [2.75, 3.05) is 0 Å². The smallest absolute Gasteiger partial charge is 0.307 e. The lowest BCUT2D eigenvalue weighted by molar-refractivity contribution is -0.137. The maximum Gasteiger partial charge on any atom is 0.307 e. The van der Waals surface area contributed by atoms with Crippen molar-refractivity contribution >= 4 is 57.5 Å². The van der Waals surface area contributed by atoms with Crippen molar-refractivity contribution in [1.82, 2.24) is 9.55 Å². The molecule has 0 fully saturated rings. The molecule has 0 aliphatic rings.